The monoisotopic (exact) mass is 315 g/mol. The lowest BCUT2D eigenvalue weighted by Gasteiger charge is -2.22. The van der Waals surface area contributed by atoms with Crippen molar-refractivity contribution in [3.05, 3.63) is 30.1 Å². The second kappa shape index (κ2) is 6.73. The molecule has 0 saturated heterocycles. The van der Waals surface area contributed by atoms with E-state index in [4.69, 9.17) is 4.98 Å². The smallest absolute Gasteiger partial charge is 0.225 e. The molecule has 23 heavy (non-hydrogen) atoms. The summed E-state index contributed by atoms with van der Waals surface area (Å²) in [5, 5.41) is 3.10. The van der Waals surface area contributed by atoms with Gasteiger partial charge in [0.15, 0.2) is 0 Å². The molecule has 1 aromatic heterocycles. The van der Waals surface area contributed by atoms with Crippen molar-refractivity contribution in [3.63, 3.8) is 0 Å². The highest BCUT2D eigenvalue weighted by molar-refractivity contribution is 5.82. The van der Waals surface area contributed by atoms with Crippen LogP contribution in [0.5, 0.6) is 0 Å². The highest BCUT2D eigenvalue weighted by Gasteiger charge is 2.25. The summed E-state index contributed by atoms with van der Waals surface area (Å²) in [5.74, 6) is 1.61. The molecule has 2 aromatic rings. The number of amides is 1. The minimum absolute atomic E-state index is 0.0486. The molecule has 1 unspecified atom stereocenters. The van der Waals surface area contributed by atoms with E-state index >= 15 is 0 Å². The van der Waals surface area contributed by atoms with E-state index in [9.17, 15) is 4.79 Å². The molecule has 0 aliphatic carbocycles. The number of hydrogen-bond acceptors (Lipinski definition) is 2. The zero-order chi connectivity index (χ0) is 17.2. The Morgan fingerprint density at radius 1 is 1.22 bits per heavy atom. The van der Waals surface area contributed by atoms with Crippen LogP contribution in [0.1, 0.15) is 59.8 Å². The van der Waals surface area contributed by atoms with Crippen molar-refractivity contribution in [1.29, 1.82) is 0 Å². The number of benzene rings is 1. The van der Waals surface area contributed by atoms with Gasteiger partial charge in [-0.1, -0.05) is 46.8 Å². The maximum Gasteiger partial charge on any atom is 0.225 e. The number of nitrogens with zero attached hydrogens (tertiary/aromatic N) is 2. The summed E-state index contributed by atoms with van der Waals surface area (Å²) in [7, 11) is 0. The first-order chi connectivity index (χ1) is 10.7. The number of carbonyl (C=O) groups is 1. The van der Waals surface area contributed by atoms with Crippen molar-refractivity contribution in [2.45, 2.75) is 60.5 Å². The Labute approximate surface area is 139 Å². The summed E-state index contributed by atoms with van der Waals surface area (Å²) in [4.78, 5) is 17.1. The Morgan fingerprint density at radius 2 is 1.87 bits per heavy atom. The van der Waals surface area contributed by atoms with Gasteiger partial charge < -0.3 is 9.88 Å². The average molecular weight is 315 g/mol. The van der Waals surface area contributed by atoms with Crippen LogP contribution in [0.25, 0.3) is 11.0 Å². The van der Waals surface area contributed by atoms with E-state index in [-0.39, 0.29) is 11.9 Å². The molecule has 0 aliphatic rings. The molecule has 1 amide bonds. The number of carbonyl (C=O) groups excluding carboxylic acids is 1. The zero-order valence-electron chi connectivity index (χ0n) is 15.2. The SMILES string of the molecule is CC(C)CCn1c(C(C)NC(=O)C(C)(C)C)nc2ccccc21. The van der Waals surface area contributed by atoms with E-state index < -0.39 is 5.41 Å². The minimum atomic E-state index is -0.400. The first-order valence-electron chi connectivity index (χ1n) is 8.46. The third-order valence-corrected chi connectivity index (χ3v) is 4.03. The van der Waals surface area contributed by atoms with Gasteiger partial charge in [0.1, 0.15) is 5.82 Å². The summed E-state index contributed by atoms with van der Waals surface area (Å²) >= 11 is 0. The number of nitrogens with one attached hydrogen (secondary N) is 1. The summed E-state index contributed by atoms with van der Waals surface area (Å²) < 4.78 is 2.25. The lowest BCUT2D eigenvalue weighted by molar-refractivity contribution is -0.129. The fraction of sp³-hybridized carbons (Fsp3) is 0.579. The van der Waals surface area contributed by atoms with Gasteiger partial charge in [0, 0.05) is 12.0 Å². The van der Waals surface area contributed by atoms with Gasteiger partial charge in [-0.2, -0.15) is 0 Å². The second-order valence-electron chi connectivity index (χ2n) is 7.74. The highest BCUT2D eigenvalue weighted by atomic mass is 16.2. The molecule has 0 aliphatic heterocycles. The quantitative estimate of drug-likeness (QED) is 0.894. The molecule has 4 heteroatoms. The number of hydrogen-bond donors (Lipinski definition) is 1. The van der Waals surface area contributed by atoms with Gasteiger partial charge in [-0.3, -0.25) is 4.79 Å². The predicted molar refractivity (Wildman–Crippen MR) is 95.2 cm³/mol. The maximum absolute atomic E-state index is 12.3. The van der Waals surface area contributed by atoms with E-state index in [2.05, 4.69) is 29.8 Å². The van der Waals surface area contributed by atoms with Gasteiger partial charge in [-0.15, -0.1) is 0 Å². The second-order valence-corrected chi connectivity index (χ2v) is 7.74. The van der Waals surface area contributed by atoms with Crippen LogP contribution in [0.15, 0.2) is 24.3 Å². The van der Waals surface area contributed by atoms with Gasteiger partial charge in [-0.25, -0.2) is 4.98 Å². The Kier molecular flexibility index (Phi) is 5.12. The molecule has 126 valence electrons. The van der Waals surface area contributed by atoms with Crippen molar-refractivity contribution in [2.75, 3.05) is 0 Å². The Balaban J connectivity index is 2.34. The fourth-order valence-electron chi connectivity index (χ4n) is 2.52. The molecular formula is C19H29N3O. The molecule has 2 rings (SSSR count). The molecule has 4 nitrogen and oxygen atoms in total. The van der Waals surface area contributed by atoms with Crippen LogP contribution in [0.4, 0.5) is 0 Å². The van der Waals surface area contributed by atoms with Gasteiger partial charge in [0.05, 0.1) is 17.1 Å². The largest absolute Gasteiger partial charge is 0.346 e. The summed E-state index contributed by atoms with van der Waals surface area (Å²) in [6.45, 7) is 13.2. The molecule has 1 heterocycles. The minimum Gasteiger partial charge on any atom is -0.346 e. The van der Waals surface area contributed by atoms with E-state index in [1.165, 1.54) is 0 Å². The van der Waals surface area contributed by atoms with Crippen LogP contribution < -0.4 is 5.32 Å². The summed E-state index contributed by atoms with van der Waals surface area (Å²) in [6.07, 6.45) is 1.09. The van der Waals surface area contributed by atoms with E-state index in [0.29, 0.717) is 5.92 Å². The maximum atomic E-state index is 12.3. The fourth-order valence-corrected chi connectivity index (χ4v) is 2.52. The molecule has 0 radical (unpaired) electrons. The van der Waals surface area contributed by atoms with Gasteiger partial charge >= 0.3 is 0 Å². The molecular weight excluding hydrogens is 286 g/mol. The number of aromatic nitrogens is 2. The first-order valence-corrected chi connectivity index (χ1v) is 8.46. The lowest BCUT2D eigenvalue weighted by atomic mass is 9.95. The van der Waals surface area contributed by atoms with Crippen molar-refractivity contribution in [2.24, 2.45) is 11.3 Å². The first kappa shape index (κ1) is 17.5. The Hall–Kier alpha value is -1.84. The van der Waals surface area contributed by atoms with E-state index in [1.54, 1.807) is 0 Å². The predicted octanol–water partition coefficient (Wildman–Crippen LogP) is 4.31. The van der Waals surface area contributed by atoms with Gasteiger partial charge in [0.25, 0.3) is 0 Å². The summed E-state index contributed by atoms with van der Waals surface area (Å²) in [6, 6.07) is 8.07. The number of fused-ring (bicyclic) bond motifs is 1. The Bertz CT molecular complexity index is 679. The topological polar surface area (TPSA) is 46.9 Å². The van der Waals surface area contributed by atoms with Crippen molar-refractivity contribution < 1.29 is 4.79 Å². The van der Waals surface area contributed by atoms with Crippen LogP contribution >= 0.6 is 0 Å². The standard InChI is InChI=1S/C19H29N3O/c1-13(2)11-12-22-16-10-8-7-9-15(16)21-17(22)14(3)20-18(23)19(4,5)6/h7-10,13-14H,11-12H2,1-6H3,(H,20,23). The number of para-hydroxylation sites is 2. The molecule has 1 aromatic carbocycles. The van der Waals surface area contributed by atoms with Crippen LogP contribution in [0, 0.1) is 11.3 Å². The number of imidazole rings is 1. The van der Waals surface area contributed by atoms with Crippen molar-refractivity contribution >= 4 is 16.9 Å². The number of rotatable bonds is 5. The molecule has 0 fully saturated rings. The molecule has 1 atom stereocenters. The van der Waals surface area contributed by atoms with Gasteiger partial charge in [0.2, 0.25) is 5.91 Å². The third kappa shape index (κ3) is 4.12. The normalized spacial score (nSPS) is 13.5. The van der Waals surface area contributed by atoms with Crippen LogP contribution in [0.2, 0.25) is 0 Å². The highest BCUT2D eigenvalue weighted by Crippen LogP contribution is 2.23. The molecule has 1 N–H and O–H groups in total. The van der Waals surface area contributed by atoms with Crippen LogP contribution in [-0.2, 0) is 11.3 Å². The van der Waals surface area contributed by atoms with Gasteiger partial charge in [-0.05, 0) is 31.4 Å². The number of aryl methyl sites for hydroxylation is 1. The van der Waals surface area contributed by atoms with Crippen molar-refractivity contribution in [1.82, 2.24) is 14.9 Å². The zero-order valence-corrected chi connectivity index (χ0v) is 15.2. The van der Waals surface area contributed by atoms with Crippen LogP contribution in [0.3, 0.4) is 0 Å². The van der Waals surface area contributed by atoms with Crippen LogP contribution in [-0.4, -0.2) is 15.5 Å². The summed E-state index contributed by atoms with van der Waals surface area (Å²) in [5.41, 5.74) is 1.73. The lowest BCUT2D eigenvalue weighted by Crippen LogP contribution is -2.37. The molecule has 0 bridgehead atoms. The van der Waals surface area contributed by atoms with E-state index in [0.717, 1.165) is 29.8 Å². The average Bonchev–Trinajstić information content (AvgIpc) is 2.82. The van der Waals surface area contributed by atoms with E-state index in [1.807, 2.05) is 45.9 Å². The molecule has 0 spiro atoms. The van der Waals surface area contributed by atoms with Crippen molar-refractivity contribution in [3.8, 4) is 0 Å². The third-order valence-electron chi connectivity index (χ3n) is 4.03. The Morgan fingerprint density at radius 3 is 2.48 bits per heavy atom. The molecule has 0 saturated carbocycles.